The van der Waals surface area contributed by atoms with Crippen LogP contribution in [0.2, 0.25) is 0 Å². The average Bonchev–Trinajstić information content (AvgIpc) is 3.12. The van der Waals surface area contributed by atoms with Crippen molar-refractivity contribution in [2.24, 2.45) is 0 Å². The van der Waals surface area contributed by atoms with E-state index in [1.807, 2.05) is 19.1 Å². The SMILES string of the molecule is Cc1ccc2c(c1)CO[P@](=O)(OC[C@@H]1C=C[C@H](n3cc(C)c(=O)[nH]c3=O)O1)O2. The first-order valence-electron chi connectivity index (χ1n) is 8.67. The molecule has 4 rings (SSSR count). The lowest BCUT2D eigenvalue weighted by Crippen LogP contribution is -2.33. The van der Waals surface area contributed by atoms with Crippen LogP contribution >= 0.6 is 7.82 Å². The lowest BCUT2D eigenvalue weighted by Gasteiger charge is -2.26. The number of hydrogen-bond donors (Lipinski definition) is 1. The van der Waals surface area contributed by atoms with E-state index in [9.17, 15) is 14.2 Å². The van der Waals surface area contributed by atoms with E-state index in [4.69, 9.17) is 18.3 Å². The van der Waals surface area contributed by atoms with Crippen molar-refractivity contribution in [3.8, 4) is 5.75 Å². The van der Waals surface area contributed by atoms with Gasteiger partial charge in [0.15, 0.2) is 6.23 Å². The molecule has 0 saturated carbocycles. The number of phosphoric acid groups is 1. The monoisotopic (exact) mass is 406 g/mol. The Balaban J connectivity index is 1.39. The Morgan fingerprint density at radius 3 is 2.93 bits per heavy atom. The van der Waals surface area contributed by atoms with Crippen LogP contribution in [-0.4, -0.2) is 22.3 Å². The Hall–Kier alpha value is -2.45. The Bertz CT molecular complexity index is 1100. The fourth-order valence-corrected chi connectivity index (χ4v) is 4.18. The second-order valence-corrected chi connectivity index (χ2v) is 8.24. The molecule has 2 aliphatic rings. The quantitative estimate of drug-likeness (QED) is 0.613. The normalized spacial score (nSPS) is 26.1. The molecule has 0 radical (unpaired) electrons. The molecule has 2 aromatic rings. The van der Waals surface area contributed by atoms with Gasteiger partial charge in [0.2, 0.25) is 0 Å². The number of aromatic nitrogens is 2. The van der Waals surface area contributed by atoms with Crippen molar-refractivity contribution < 1.29 is 22.9 Å². The van der Waals surface area contributed by atoms with Crippen LogP contribution in [0.5, 0.6) is 5.75 Å². The molecule has 1 aromatic heterocycles. The van der Waals surface area contributed by atoms with Gasteiger partial charge in [-0.1, -0.05) is 23.8 Å². The number of nitrogens with zero attached hydrogens (tertiary/aromatic N) is 1. The molecule has 0 fully saturated rings. The Labute approximate surface area is 160 Å². The molecule has 3 heterocycles. The summed E-state index contributed by atoms with van der Waals surface area (Å²) in [5, 5.41) is 0. The molecular weight excluding hydrogens is 387 g/mol. The van der Waals surface area contributed by atoms with Crippen molar-refractivity contribution in [2.45, 2.75) is 32.8 Å². The largest absolute Gasteiger partial charge is 0.530 e. The summed E-state index contributed by atoms with van der Waals surface area (Å²) in [4.78, 5) is 25.7. The van der Waals surface area contributed by atoms with Crippen molar-refractivity contribution in [1.29, 1.82) is 0 Å². The molecule has 0 spiro atoms. The van der Waals surface area contributed by atoms with E-state index in [0.29, 0.717) is 11.3 Å². The first-order chi connectivity index (χ1) is 13.3. The highest BCUT2D eigenvalue weighted by Crippen LogP contribution is 2.54. The Morgan fingerprint density at radius 1 is 1.29 bits per heavy atom. The van der Waals surface area contributed by atoms with E-state index in [1.165, 1.54) is 10.8 Å². The molecule has 10 heteroatoms. The molecule has 0 aliphatic carbocycles. The zero-order valence-electron chi connectivity index (χ0n) is 15.3. The van der Waals surface area contributed by atoms with Crippen molar-refractivity contribution in [2.75, 3.05) is 6.61 Å². The number of phosphoric ester groups is 1. The minimum Gasteiger partial charge on any atom is -0.404 e. The maximum Gasteiger partial charge on any atom is 0.530 e. The van der Waals surface area contributed by atoms with E-state index in [1.54, 1.807) is 25.1 Å². The van der Waals surface area contributed by atoms with Crippen LogP contribution in [0.3, 0.4) is 0 Å². The lowest BCUT2D eigenvalue weighted by atomic mass is 10.1. The Morgan fingerprint density at radius 2 is 2.11 bits per heavy atom. The summed E-state index contributed by atoms with van der Waals surface area (Å²) < 4.78 is 35.8. The van der Waals surface area contributed by atoms with Crippen LogP contribution in [0, 0.1) is 13.8 Å². The van der Waals surface area contributed by atoms with E-state index in [-0.39, 0.29) is 13.2 Å². The molecule has 3 atom stereocenters. The first kappa shape index (κ1) is 18.9. The number of rotatable bonds is 4. The maximum atomic E-state index is 12.7. The van der Waals surface area contributed by atoms with Crippen LogP contribution in [0.15, 0.2) is 46.1 Å². The molecule has 148 valence electrons. The molecule has 0 bridgehead atoms. The van der Waals surface area contributed by atoms with E-state index >= 15 is 0 Å². The highest BCUT2D eigenvalue weighted by Gasteiger charge is 2.35. The third-order valence-electron chi connectivity index (χ3n) is 4.43. The number of benzene rings is 1. The second kappa shape index (κ2) is 7.18. The predicted molar refractivity (Wildman–Crippen MR) is 99.3 cm³/mol. The fourth-order valence-electron chi connectivity index (χ4n) is 2.95. The number of nitrogens with one attached hydrogen (secondary N) is 1. The summed E-state index contributed by atoms with van der Waals surface area (Å²) in [6.45, 7) is 3.59. The minimum absolute atomic E-state index is 0.0808. The molecular formula is C18H19N2O7P. The molecule has 1 N–H and O–H groups in total. The van der Waals surface area contributed by atoms with Gasteiger partial charge in [0.05, 0.1) is 13.2 Å². The maximum absolute atomic E-state index is 12.7. The summed E-state index contributed by atoms with van der Waals surface area (Å²) >= 11 is 0. The zero-order valence-corrected chi connectivity index (χ0v) is 16.2. The number of aromatic amines is 1. The number of H-pyrrole nitrogens is 1. The second-order valence-electron chi connectivity index (χ2n) is 6.65. The third kappa shape index (κ3) is 3.74. The lowest BCUT2D eigenvalue weighted by molar-refractivity contribution is -0.0130. The van der Waals surface area contributed by atoms with Crippen LogP contribution in [-0.2, 0) is 25.0 Å². The van der Waals surface area contributed by atoms with Gasteiger partial charge in [-0.3, -0.25) is 23.4 Å². The van der Waals surface area contributed by atoms with Crippen molar-refractivity contribution in [3.63, 3.8) is 0 Å². The zero-order chi connectivity index (χ0) is 19.9. The number of hydrogen-bond acceptors (Lipinski definition) is 7. The number of aryl methyl sites for hydroxylation is 2. The van der Waals surface area contributed by atoms with Gasteiger partial charge in [0.1, 0.15) is 11.9 Å². The van der Waals surface area contributed by atoms with Gasteiger partial charge in [-0.05, 0) is 26.0 Å². The smallest absolute Gasteiger partial charge is 0.404 e. The predicted octanol–water partition coefficient (Wildman–Crippen LogP) is 2.34. The van der Waals surface area contributed by atoms with Gasteiger partial charge in [-0.25, -0.2) is 9.36 Å². The molecule has 0 amide bonds. The summed E-state index contributed by atoms with van der Waals surface area (Å²) in [6.07, 6.45) is 3.51. The molecule has 0 saturated heterocycles. The van der Waals surface area contributed by atoms with Crippen molar-refractivity contribution >= 4 is 7.82 Å². The molecule has 9 nitrogen and oxygen atoms in total. The van der Waals surface area contributed by atoms with Gasteiger partial charge < -0.3 is 9.26 Å². The van der Waals surface area contributed by atoms with Crippen LogP contribution in [0.1, 0.15) is 22.9 Å². The first-order valence-corrected chi connectivity index (χ1v) is 10.1. The van der Waals surface area contributed by atoms with Gasteiger partial charge in [0, 0.05) is 17.3 Å². The van der Waals surface area contributed by atoms with Gasteiger partial charge in [-0.15, -0.1) is 0 Å². The van der Waals surface area contributed by atoms with E-state index < -0.39 is 31.4 Å². The molecule has 0 unspecified atom stereocenters. The van der Waals surface area contributed by atoms with Crippen molar-refractivity contribution in [3.05, 3.63) is 74.1 Å². The standard InChI is InChI=1S/C18H19N2O7P/c1-11-3-5-15-13(7-11)9-24-28(23,27-15)25-10-14-4-6-16(26-14)20-8-12(2)17(21)19-18(20)22/h3-8,14,16H,9-10H2,1-2H3,(H,19,21,22)/t14-,16+,28+/m0/s1. The van der Waals surface area contributed by atoms with E-state index in [0.717, 1.165) is 11.1 Å². The van der Waals surface area contributed by atoms with Gasteiger partial charge in [-0.2, -0.15) is 0 Å². The summed E-state index contributed by atoms with van der Waals surface area (Å²) in [6, 6.07) is 5.48. The fraction of sp³-hybridized carbons (Fsp3) is 0.333. The molecule has 1 aromatic carbocycles. The third-order valence-corrected chi connectivity index (χ3v) is 5.76. The number of fused-ring (bicyclic) bond motifs is 1. The topological polar surface area (TPSA) is 109 Å². The highest BCUT2D eigenvalue weighted by molar-refractivity contribution is 7.49. The average molecular weight is 406 g/mol. The molecule has 28 heavy (non-hydrogen) atoms. The van der Waals surface area contributed by atoms with Gasteiger partial charge >= 0.3 is 13.5 Å². The van der Waals surface area contributed by atoms with Crippen LogP contribution in [0.25, 0.3) is 0 Å². The van der Waals surface area contributed by atoms with E-state index in [2.05, 4.69) is 4.98 Å². The van der Waals surface area contributed by atoms with Gasteiger partial charge in [0.25, 0.3) is 5.56 Å². The number of ether oxygens (including phenoxy) is 1. The highest BCUT2D eigenvalue weighted by atomic mass is 31.2. The summed E-state index contributed by atoms with van der Waals surface area (Å²) in [5.74, 6) is 0.469. The van der Waals surface area contributed by atoms with Crippen LogP contribution in [0.4, 0.5) is 0 Å². The molecule has 2 aliphatic heterocycles. The minimum atomic E-state index is -3.76. The van der Waals surface area contributed by atoms with Crippen LogP contribution < -0.4 is 15.8 Å². The van der Waals surface area contributed by atoms with Crippen molar-refractivity contribution in [1.82, 2.24) is 9.55 Å². The summed E-state index contributed by atoms with van der Waals surface area (Å²) in [7, 11) is -3.76. The summed E-state index contributed by atoms with van der Waals surface area (Å²) in [5.41, 5.74) is 1.22. The Kier molecular flexibility index (Phi) is 4.84.